The van der Waals surface area contributed by atoms with Gasteiger partial charge in [0.2, 0.25) is 0 Å². The Kier molecular flexibility index (Phi) is 6.87. The zero-order valence-corrected chi connectivity index (χ0v) is 10.6. The summed E-state index contributed by atoms with van der Waals surface area (Å²) < 4.78 is 0. The zero-order chi connectivity index (χ0) is 13.1. The Morgan fingerprint density at radius 3 is 1.67 bits per heavy atom. The molecule has 0 amide bonds. The van der Waals surface area contributed by atoms with E-state index in [0.717, 1.165) is 25.7 Å². The number of unbranched alkanes of at least 4 members (excludes halogenated alkanes) is 2. The first-order valence-electron chi connectivity index (χ1n) is 6.17. The molecule has 0 spiro atoms. The molecule has 1 rings (SSSR count). The molecule has 0 heterocycles. The highest BCUT2D eigenvalue weighted by molar-refractivity contribution is 5.65. The number of allylic oxidation sites excluding steroid dienone is 2. The van der Waals surface area contributed by atoms with Crippen molar-refractivity contribution in [3.05, 3.63) is 47.5 Å². The van der Waals surface area contributed by atoms with E-state index in [4.69, 9.17) is 12.8 Å². The minimum atomic E-state index is 0.788. The average molecular weight is 234 g/mol. The smallest absolute Gasteiger partial charge is 0.0121 e. The fourth-order valence-corrected chi connectivity index (χ4v) is 1.57. The van der Waals surface area contributed by atoms with Crippen LogP contribution in [0.2, 0.25) is 0 Å². The molecule has 0 atom stereocenters. The van der Waals surface area contributed by atoms with Crippen LogP contribution in [-0.2, 0) is 0 Å². The molecule has 0 unspecified atom stereocenters. The topological polar surface area (TPSA) is 0 Å². The molecule has 0 radical (unpaired) electrons. The molecule has 0 N–H and O–H groups in total. The summed E-state index contributed by atoms with van der Waals surface area (Å²) in [6.07, 6.45) is 22.3. The Hall–Kier alpha value is -2.18. The Morgan fingerprint density at radius 1 is 0.833 bits per heavy atom. The molecule has 1 aromatic carbocycles. The van der Waals surface area contributed by atoms with Crippen LogP contribution >= 0.6 is 0 Å². The van der Waals surface area contributed by atoms with E-state index in [1.165, 1.54) is 11.1 Å². The molecule has 0 aliphatic heterocycles. The molecule has 0 saturated carbocycles. The van der Waals surface area contributed by atoms with Gasteiger partial charge in [0.25, 0.3) is 0 Å². The molecule has 0 nitrogen and oxygen atoms in total. The average Bonchev–Trinajstić information content (AvgIpc) is 2.41. The third-order valence-corrected chi connectivity index (χ3v) is 2.50. The SMILES string of the molecule is C#CCC/C=C/c1ccccc1/C=C/CCC#C. The van der Waals surface area contributed by atoms with Crippen LogP contribution in [0.3, 0.4) is 0 Å². The van der Waals surface area contributed by atoms with Crippen molar-refractivity contribution in [3.63, 3.8) is 0 Å². The van der Waals surface area contributed by atoms with Crippen LogP contribution in [-0.4, -0.2) is 0 Å². The lowest BCUT2D eigenvalue weighted by atomic mass is 10.1. The maximum Gasteiger partial charge on any atom is 0.0121 e. The highest BCUT2D eigenvalue weighted by Crippen LogP contribution is 2.13. The van der Waals surface area contributed by atoms with Crippen molar-refractivity contribution in [2.45, 2.75) is 25.7 Å². The van der Waals surface area contributed by atoms with Gasteiger partial charge in [0.05, 0.1) is 0 Å². The highest BCUT2D eigenvalue weighted by atomic mass is 14.0. The van der Waals surface area contributed by atoms with Crippen molar-refractivity contribution in [2.24, 2.45) is 0 Å². The monoisotopic (exact) mass is 234 g/mol. The second kappa shape index (κ2) is 8.91. The third kappa shape index (κ3) is 5.24. The Balaban J connectivity index is 2.68. The summed E-state index contributed by atoms with van der Waals surface area (Å²) in [5.41, 5.74) is 2.43. The van der Waals surface area contributed by atoms with Crippen LogP contribution in [0.25, 0.3) is 12.2 Å². The van der Waals surface area contributed by atoms with Gasteiger partial charge in [-0.15, -0.1) is 24.7 Å². The van der Waals surface area contributed by atoms with Gasteiger partial charge >= 0.3 is 0 Å². The molecule has 18 heavy (non-hydrogen) atoms. The van der Waals surface area contributed by atoms with Gasteiger partial charge in [-0.1, -0.05) is 48.6 Å². The Bertz CT molecular complexity index is 443. The lowest BCUT2D eigenvalue weighted by Crippen LogP contribution is -1.79. The second-order valence-corrected chi connectivity index (χ2v) is 3.92. The normalized spacial score (nSPS) is 10.6. The van der Waals surface area contributed by atoms with Gasteiger partial charge in [-0.3, -0.25) is 0 Å². The summed E-state index contributed by atoms with van der Waals surface area (Å²) >= 11 is 0. The fraction of sp³-hybridized carbons (Fsp3) is 0.222. The summed E-state index contributed by atoms with van der Waals surface area (Å²) in [7, 11) is 0. The number of terminal acetylenes is 2. The maximum atomic E-state index is 5.22. The van der Waals surface area contributed by atoms with Crippen molar-refractivity contribution >= 4 is 12.2 Å². The van der Waals surface area contributed by atoms with E-state index in [0.29, 0.717) is 0 Å². The first kappa shape index (κ1) is 13.9. The van der Waals surface area contributed by atoms with Crippen molar-refractivity contribution in [1.29, 1.82) is 0 Å². The maximum absolute atomic E-state index is 5.22. The molecule has 90 valence electrons. The van der Waals surface area contributed by atoms with Crippen LogP contribution < -0.4 is 0 Å². The minimum Gasteiger partial charge on any atom is -0.120 e. The van der Waals surface area contributed by atoms with Crippen molar-refractivity contribution in [3.8, 4) is 24.7 Å². The summed E-state index contributed by atoms with van der Waals surface area (Å²) in [6.45, 7) is 0. The van der Waals surface area contributed by atoms with Crippen molar-refractivity contribution in [2.75, 3.05) is 0 Å². The summed E-state index contributed by atoms with van der Waals surface area (Å²) in [6, 6.07) is 8.29. The van der Waals surface area contributed by atoms with E-state index >= 15 is 0 Å². The predicted octanol–water partition coefficient (Wildman–Crippen LogP) is 4.54. The molecular weight excluding hydrogens is 216 g/mol. The summed E-state index contributed by atoms with van der Waals surface area (Å²) in [5.74, 6) is 5.27. The fourth-order valence-electron chi connectivity index (χ4n) is 1.57. The second-order valence-electron chi connectivity index (χ2n) is 3.92. The van der Waals surface area contributed by atoms with Gasteiger partial charge in [0.15, 0.2) is 0 Å². The molecule has 0 bridgehead atoms. The standard InChI is InChI=1S/C18H18/c1-3-5-7-9-13-17-15-11-12-16-18(17)14-10-8-6-4-2/h1-2,9-16H,5-8H2/b13-9+,14-10+. The highest BCUT2D eigenvalue weighted by Gasteiger charge is 1.93. The molecular formula is C18H18. The number of hydrogen-bond donors (Lipinski definition) is 0. The largest absolute Gasteiger partial charge is 0.120 e. The lowest BCUT2D eigenvalue weighted by Gasteiger charge is -2.00. The van der Waals surface area contributed by atoms with Crippen LogP contribution in [0.15, 0.2) is 36.4 Å². The van der Waals surface area contributed by atoms with Crippen molar-refractivity contribution < 1.29 is 0 Å². The van der Waals surface area contributed by atoms with Gasteiger partial charge in [-0.25, -0.2) is 0 Å². The first-order valence-corrected chi connectivity index (χ1v) is 6.17. The molecule has 0 aliphatic carbocycles. The van der Waals surface area contributed by atoms with E-state index in [1.807, 2.05) is 12.1 Å². The molecule has 1 aromatic rings. The zero-order valence-electron chi connectivity index (χ0n) is 10.6. The van der Waals surface area contributed by atoms with Gasteiger partial charge < -0.3 is 0 Å². The van der Waals surface area contributed by atoms with Gasteiger partial charge in [-0.2, -0.15) is 0 Å². The first-order chi connectivity index (χ1) is 8.88. The van der Waals surface area contributed by atoms with E-state index in [2.05, 4.69) is 48.3 Å². The van der Waals surface area contributed by atoms with Crippen LogP contribution in [0, 0.1) is 24.7 Å². The number of benzene rings is 1. The quantitative estimate of drug-likeness (QED) is 0.500. The van der Waals surface area contributed by atoms with E-state index in [9.17, 15) is 0 Å². The summed E-state index contributed by atoms with van der Waals surface area (Å²) in [5, 5.41) is 0. The van der Waals surface area contributed by atoms with Gasteiger partial charge in [0.1, 0.15) is 0 Å². The third-order valence-electron chi connectivity index (χ3n) is 2.50. The molecule has 0 aliphatic rings. The Labute approximate surface area is 110 Å². The minimum absolute atomic E-state index is 0.788. The molecule has 0 saturated heterocycles. The molecule has 0 aromatic heterocycles. The lowest BCUT2D eigenvalue weighted by molar-refractivity contribution is 1.09. The van der Waals surface area contributed by atoms with Gasteiger partial charge in [0, 0.05) is 12.8 Å². The van der Waals surface area contributed by atoms with E-state index < -0.39 is 0 Å². The molecule has 0 fully saturated rings. The Morgan fingerprint density at radius 2 is 1.28 bits per heavy atom. The van der Waals surface area contributed by atoms with Crippen molar-refractivity contribution in [1.82, 2.24) is 0 Å². The van der Waals surface area contributed by atoms with E-state index in [-0.39, 0.29) is 0 Å². The number of rotatable bonds is 6. The van der Waals surface area contributed by atoms with Gasteiger partial charge in [-0.05, 0) is 24.0 Å². The van der Waals surface area contributed by atoms with Crippen LogP contribution in [0.5, 0.6) is 0 Å². The van der Waals surface area contributed by atoms with Crippen LogP contribution in [0.4, 0.5) is 0 Å². The van der Waals surface area contributed by atoms with Crippen LogP contribution in [0.1, 0.15) is 36.8 Å². The predicted molar refractivity (Wildman–Crippen MR) is 80.6 cm³/mol. The number of hydrogen-bond acceptors (Lipinski definition) is 0. The summed E-state index contributed by atoms with van der Waals surface area (Å²) in [4.78, 5) is 0. The van der Waals surface area contributed by atoms with E-state index in [1.54, 1.807) is 0 Å². The molecule has 0 heteroatoms.